The highest BCUT2D eigenvalue weighted by Gasteiger charge is 2.22. The van der Waals surface area contributed by atoms with Crippen molar-refractivity contribution in [3.05, 3.63) is 60.2 Å². The van der Waals surface area contributed by atoms with E-state index in [0.29, 0.717) is 17.9 Å². The van der Waals surface area contributed by atoms with E-state index >= 15 is 0 Å². The molecule has 0 unspecified atom stereocenters. The minimum absolute atomic E-state index is 0.0808. The van der Waals surface area contributed by atoms with Gasteiger partial charge in [-0.1, -0.05) is 24.3 Å². The van der Waals surface area contributed by atoms with E-state index in [4.69, 9.17) is 4.74 Å². The molecule has 0 saturated heterocycles. The fourth-order valence-corrected chi connectivity index (χ4v) is 3.42. The molecule has 0 aliphatic carbocycles. The summed E-state index contributed by atoms with van der Waals surface area (Å²) in [6, 6.07) is 12.0. The van der Waals surface area contributed by atoms with E-state index in [1.54, 1.807) is 0 Å². The van der Waals surface area contributed by atoms with Crippen LogP contribution in [0.25, 0.3) is 10.8 Å². The molecule has 128 valence electrons. The summed E-state index contributed by atoms with van der Waals surface area (Å²) in [5, 5.41) is 5.27. The van der Waals surface area contributed by atoms with Crippen LogP contribution < -0.4 is 10.1 Å². The lowest BCUT2D eigenvalue weighted by Crippen LogP contribution is -2.41. The molecule has 1 N–H and O–H groups in total. The monoisotopic (exact) mass is 335 g/mol. The molecule has 0 spiro atoms. The molecule has 2 aromatic carbocycles. The van der Waals surface area contributed by atoms with Crippen LogP contribution in [-0.4, -0.2) is 28.1 Å². The zero-order valence-electron chi connectivity index (χ0n) is 14.2. The Morgan fingerprint density at radius 3 is 2.92 bits per heavy atom. The Bertz CT molecular complexity index is 916. The molecule has 0 saturated carbocycles. The van der Waals surface area contributed by atoms with Crippen LogP contribution in [0.3, 0.4) is 0 Å². The molecule has 4 rings (SSSR count). The molecular weight excluding hydrogens is 314 g/mol. The second-order valence-electron chi connectivity index (χ2n) is 6.33. The number of carbonyl (C=O) groups is 1. The summed E-state index contributed by atoms with van der Waals surface area (Å²) >= 11 is 0. The summed E-state index contributed by atoms with van der Waals surface area (Å²) in [6.07, 6.45) is 5.57. The number of fused-ring (bicyclic) bond motifs is 2. The predicted molar refractivity (Wildman–Crippen MR) is 96.9 cm³/mol. The topological polar surface area (TPSA) is 56.1 Å². The molecule has 0 fully saturated rings. The van der Waals surface area contributed by atoms with Gasteiger partial charge in [0.05, 0.1) is 12.2 Å². The largest absolute Gasteiger partial charge is 0.493 e. The SMILES string of the molecule is CCOc1cc2ccccc2cc1C(=O)N[C@H]1CCc2nccn2C1. The molecule has 5 heteroatoms. The van der Waals surface area contributed by atoms with E-state index in [0.717, 1.165) is 36.0 Å². The van der Waals surface area contributed by atoms with Crippen LogP contribution in [0.5, 0.6) is 5.75 Å². The van der Waals surface area contributed by atoms with E-state index in [2.05, 4.69) is 14.9 Å². The van der Waals surface area contributed by atoms with Gasteiger partial charge in [0.25, 0.3) is 5.91 Å². The summed E-state index contributed by atoms with van der Waals surface area (Å²) in [6.45, 7) is 3.22. The van der Waals surface area contributed by atoms with Gasteiger partial charge in [-0.15, -0.1) is 0 Å². The van der Waals surface area contributed by atoms with Crippen molar-refractivity contribution in [1.82, 2.24) is 14.9 Å². The predicted octanol–water partition coefficient (Wildman–Crippen LogP) is 3.18. The van der Waals surface area contributed by atoms with Gasteiger partial charge in [0.2, 0.25) is 0 Å². The van der Waals surface area contributed by atoms with Gasteiger partial charge in [-0.05, 0) is 36.2 Å². The number of nitrogens with one attached hydrogen (secondary N) is 1. The molecule has 1 amide bonds. The zero-order valence-corrected chi connectivity index (χ0v) is 14.2. The van der Waals surface area contributed by atoms with E-state index in [1.807, 2.05) is 55.7 Å². The maximum absolute atomic E-state index is 12.9. The molecule has 2 heterocycles. The summed E-state index contributed by atoms with van der Waals surface area (Å²) < 4.78 is 7.83. The second-order valence-corrected chi connectivity index (χ2v) is 6.33. The molecule has 0 bridgehead atoms. The minimum atomic E-state index is -0.0808. The van der Waals surface area contributed by atoms with E-state index in [-0.39, 0.29) is 11.9 Å². The van der Waals surface area contributed by atoms with Gasteiger partial charge in [-0.25, -0.2) is 4.98 Å². The highest BCUT2D eigenvalue weighted by atomic mass is 16.5. The summed E-state index contributed by atoms with van der Waals surface area (Å²) in [7, 11) is 0. The number of hydrogen-bond donors (Lipinski definition) is 1. The fourth-order valence-electron chi connectivity index (χ4n) is 3.42. The van der Waals surface area contributed by atoms with Crippen LogP contribution in [0, 0.1) is 0 Å². The first-order chi connectivity index (χ1) is 12.2. The van der Waals surface area contributed by atoms with Gasteiger partial charge in [0.1, 0.15) is 11.6 Å². The summed E-state index contributed by atoms with van der Waals surface area (Å²) in [4.78, 5) is 17.2. The standard InChI is InChI=1S/C20H21N3O2/c1-2-25-18-12-15-6-4-3-5-14(15)11-17(18)20(24)22-16-7-8-19-21-9-10-23(19)13-16/h3-6,9-12,16H,2,7-8,13H2,1H3,(H,22,24)/t16-/m0/s1. The number of aromatic nitrogens is 2. The molecule has 0 radical (unpaired) electrons. The normalized spacial score (nSPS) is 16.4. The van der Waals surface area contributed by atoms with Crippen molar-refractivity contribution >= 4 is 16.7 Å². The Kier molecular flexibility index (Phi) is 4.14. The first kappa shape index (κ1) is 15.7. The zero-order chi connectivity index (χ0) is 17.2. The lowest BCUT2D eigenvalue weighted by atomic mass is 10.0. The van der Waals surface area contributed by atoms with Gasteiger partial charge in [0, 0.05) is 31.4 Å². The maximum Gasteiger partial charge on any atom is 0.255 e. The summed E-state index contributed by atoms with van der Waals surface area (Å²) in [5.74, 6) is 1.65. The summed E-state index contributed by atoms with van der Waals surface area (Å²) in [5.41, 5.74) is 0.594. The van der Waals surface area contributed by atoms with Crippen LogP contribution in [0.15, 0.2) is 48.8 Å². The number of rotatable bonds is 4. The van der Waals surface area contributed by atoms with E-state index < -0.39 is 0 Å². The number of amides is 1. The molecule has 1 aliphatic heterocycles. The number of carbonyl (C=O) groups excluding carboxylic acids is 1. The van der Waals surface area contributed by atoms with Crippen LogP contribution >= 0.6 is 0 Å². The molecule has 25 heavy (non-hydrogen) atoms. The Labute approximate surface area is 146 Å². The van der Waals surface area contributed by atoms with Crippen molar-refractivity contribution in [2.24, 2.45) is 0 Å². The third kappa shape index (κ3) is 3.09. The van der Waals surface area contributed by atoms with Crippen LogP contribution in [0.1, 0.15) is 29.5 Å². The number of imidazole rings is 1. The highest BCUT2D eigenvalue weighted by molar-refractivity contribution is 6.01. The van der Waals surface area contributed by atoms with Gasteiger partial charge < -0.3 is 14.6 Å². The number of benzene rings is 2. The lowest BCUT2D eigenvalue weighted by molar-refractivity contribution is 0.0924. The number of hydrogen-bond acceptors (Lipinski definition) is 3. The average Bonchev–Trinajstić information content (AvgIpc) is 3.09. The molecule has 1 aliphatic rings. The average molecular weight is 335 g/mol. The van der Waals surface area contributed by atoms with Gasteiger partial charge >= 0.3 is 0 Å². The first-order valence-electron chi connectivity index (χ1n) is 8.71. The minimum Gasteiger partial charge on any atom is -0.493 e. The lowest BCUT2D eigenvalue weighted by Gasteiger charge is -2.25. The second kappa shape index (κ2) is 6.59. The van der Waals surface area contributed by atoms with Crippen LogP contribution in [-0.2, 0) is 13.0 Å². The Morgan fingerprint density at radius 2 is 2.12 bits per heavy atom. The van der Waals surface area contributed by atoms with Gasteiger partial charge in [-0.2, -0.15) is 0 Å². The van der Waals surface area contributed by atoms with Crippen molar-refractivity contribution in [3.8, 4) is 5.75 Å². The maximum atomic E-state index is 12.9. The Balaban J connectivity index is 1.59. The Morgan fingerprint density at radius 1 is 1.32 bits per heavy atom. The van der Waals surface area contributed by atoms with E-state index in [1.165, 1.54) is 0 Å². The molecule has 3 aromatic rings. The van der Waals surface area contributed by atoms with Crippen LogP contribution in [0.2, 0.25) is 0 Å². The van der Waals surface area contributed by atoms with Crippen molar-refractivity contribution in [2.45, 2.75) is 32.4 Å². The quantitative estimate of drug-likeness (QED) is 0.797. The van der Waals surface area contributed by atoms with Crippen molar-refractivity contribution in [1.29, 1.82) is 0 Å². The number of ether oxygens (including phenoxy) is 1. The molecular formula is C20H21N3O2. The van der Waals surface area contributed by atoms with Crippen molar-refractivity contribution in [2.75, 3.05) is 6.61 Å². The van der Waals surface area contributed by atoms with E-state index in [9.17, 15) is 4.79 Å². The smallest absolute Gasteiger partial charge is 0.255 e. The van der Waals surface area contributed by atoms with Gasteiger partial charge in [-0.3, -0.25) is 4.79 Å². The highest BCUT2D eigenvalue weighted by Crippen LogP contribution is 2.26. The van der Waals surface area contributed by atoms with Crippen molar-refractivity contribution in [3.63, 3.8) is 0 Å². The first-order valence-corrected chi connectivity index (χ1v) is 8.71. The molecule has 1 atom stereocenters. The van der Waals surface area contributed by atoms with Crippen molar-refractivity contribution < 1.29 is 9.53 Å². The number of aryl methyl sites for hydroxylation is 1. The molecule has 5 nitrogen and oxygen atoms in total. The fraction of sp³-hybridized carbons (Fsp3) is 0.300. The number of nitrogens with zero attached hydrogens (tertiary/aromatic N) is 2. The Hall–Kier alpha value is -2.82. The van der Waals surface area contributed by atoms with Crippen LogP contribution in [0.4, 0.5) is 0 Å². The molecule has 1 aromatic heterocycles. The van der Waals surface area contributed by atoms with Gasteiger partial charge in [0.15, 0.2) is 0 Å². The third-order valence-corrected chi connectivity index (χ3v) is 4.66. The third-order valence-electron chi connectivity index (χ3n) is 4.66.